The van der Waals surface area contributed by atoms with Crippen LogP contribution < -0.4 is 10.1 Å². The number of benzene rings is 2. The third kappa shape index (κ3) is 2.60. The van der Waals surface area contributed by atoms with Crippen LogP contribution in [0.4, 0.5) is 10.1 Å². The predicted molar refractivity (Wildman–Crippen MR) is 83.6 cm³/mol. The molecule has 1 aliphatic heterocycles. The van der Waals surface area contributed by atoms with Crippen molar-refractivity contribution in [2.75, 3.05) is 12.4 Å². The summed E-state index contributed by atoms with van der Waals surface area (Å²) in [6, 6.07) is 11.9. The quantitative estimate of drug-likeness (QED) is 0.885. The number of fused-ring (bicyclic) bond motifs is 1. The van der Waals surface area contributed by atoms with Crippen molar-refractivity contribution in [2.24, 2.45) is 0 Å². The lowest BCUT2D eigenvalue weighted by atomic mass is 9.97. The van der Waals surface area contributed by atoms with Crippen molar-refractivity contribution in [1.29, 1.82) is 0 Å². The van der Waals surface area contributed by atoms with E-state index < -0.39 is 0 Å². The van der Waals surface area contributed by atoms with Crippen LogP contribution in [-0.2, 0) is 6.42 Å². The Bertz CT molecular complexity index is 666. The third-order valence-corrected chi connectivity index (χ3v) is 4.13. The number of nitrogens with one attached hydrogen (secondary N) is 1. The monoisotopic (exact) mass is 285 g/mol. The topological polar surface area (TPSA) is 21.3 Å². The fourth-order valence-electron chi connectivity index (χ4n) is 2.84. The molecular weight excluding hydrogens is 265 g/mol. The van der Waals surface area contributed by atoms with Gasteiger partial charge in [0.2, 0.25) is 0 Å². The van der Waals surface area contributed by atoms with Gasteiger partial charge < -0.3 is 10.1 Å². The van der Waals surface area contributed by atoms with Crippen LogP contribution in [0.2, 0.25) is 0 Å². The summed E-state index contributed by atoms with van der Waals surface area (Å²) in [4.78, 5) is 0. The van der Waals surface area contributed by atoms with Crippen LogP contribution in [0.5, 0.6) is 5.75 Å². The summed E-state index contributed by atoms with van der Waals surface area (Å²) < 4.78 is 18.8. The predicted octanol–water partition coefficient (Wildman–Crippen LogP) is 4.67. The first-order valence-electron chi connectivity index (χ1n) is 7.31. The summed E-state index contributed by atoms with van der Waals surface area (Å²) in [5.41, 5.74) is 4.76. The fraction of sp³-hybridized carbons (Fsp3) is 0.333. The zero-order valence-electron chi connectivity index (χ0n) is 12.6. The molecule has 0 aliphatic carbocycles. The highest BCUT2D eigenvalue weighted by atomic mass is 19.1. The van der Waals surface area contributed by atoms with Gasteiger partial charge in [-0.1, -0.05) is 32.0 Å². The zero-order chi connectivity index (χ0) is 15.0. The average Bonchev–Trinajstić information content (AvgIpc) is 2.89. The third-order valence-electron chi connectivity index (χ3n) is 4.13. The molecule has 1 heterocycles. The van der Waals surface area contributed by atoms with E-state index in [-0.39, 0.29) is 17.6 Å². The number of methoxy groups -OCH3 is 1. The Hall–Kier alpha value is -2.03. The smallest absolute Gasteiger partial charge is 0.165 e. The van der Waals surface area contributed by atoms with Crippen molar-refractivity contribution in [1.82, 2.24) is 0 Å². The Labute approximate surface area is 125 Å². The van der Waals surface area contributed by atoms with E-state index in [9.17, 15) is 4.39 Å². The van der Waals surface area contributed by atoms with E-state index in [1.165, 1.54) is 18.2 Å². The number of hydrogen-bond acceptors (Lipinski definition) is 2. The molecule has 0 fully saturated rings. The zero-order valence-corrected chi connectivity index (χ0v) is 12.6. The summed E-state index contributed by atoms with van der Waals surface area (Å²) in [6.07, 6.45) is 0.891. The summed E-state index contributed by atoms with van der Waals surface area (Å²) in [7, 11) is 1.48. The Morgan fingerprint density at radius 2 is 2.00 bits per heavy atom. The second-order valence-electron chi connectivity index (χ2n) is 5.87. The molecule has 0 saturated heterocycles. The Balaban J connectivity index is 1.85. The summed E-state index contributed by atoms with van der Waals surface area (Å²) in [6.45, 7) is 4.39. The average molecular weight is 285 g/mol. The SMILES string of the molecule is COc1ccc(C2Cc3cc(C(C)C)ccc3N2)cc1F. The molecule has 0 aromatic heterocycles. The standard InChI is InChI=1S/C18H20FNO/c1-11(2)12-4-6-16-14(8-12)10-17(20-16)13-5-7-18(21-3)15(19)9-13/h4-9,11,17,20H,10H2,1-3H3. The molecular formula is C18H20FNO. The van der Waals surface area contributed by atoms with Crippen LogP contribution in [0, 0.1) is 5.82 Å². The van der Waals surface area contributed by atoms with E-state index in [1.54, 1.807) is 12.1 Å². The first kappa shape index (κ1) is 13.9. The van der Waals surface area contributed by atoms with Gasteiger partial charge in [0.1, 0.15) is 0 Å². The first-order valence-corrected chi connectivity index (χ1v) is 7.31. The maximum absolute atomic E-state index is 13.8. The molecule has 0 amide bonds. The molecule has 0 radical (unpaired) electrons. The molecule has 21 heavy (non-hydrogen) atoms. The molecule has 0 spiro atoms. The second kappa shape index (κ2) is 5.40. The van der Waals surface area contributed by atoms with Crippen molar-refractivity contribution in [3.8, 4) is 5.75 Å². The van der Waals surface area contributed by atoms with Crippen LogP contribution >= 0.6 is 0 Å². The maximum Gasteiger partial charge on any atom is 0.165 e. The van der Waals surface area contributed by atoms with Crippen molar-refractivity contribution in [3.63, 3.8) is 0 Å². The van der Waals surface area contributed by atoms with Gasteiger partial charge in [0, 0.05) is 5.69 Å². The highest BCUT2D eigenvalue weighted by molar-refractivity contribution is 5.59. The molecule has 1 atom stereocenters. The van der Waals surface area contributed by atoms with Crippen molar-refractivity contribution < 1.29 is 9.13 Å². The summed E-state index contributed by atoms with van der Waals surface area (Å²) >= 11 is 0. The largest absolute Gasteiger partial charge is 0.494 e. The molecule has 0 bridgehead atoms. The number of rotatable bonds is 3. The van der Waals surface area contributed by atoms with Gasteiger partial charge in [-0.15, -0.1) is 0 Å². The second-order valence-corrected chi connectivity index (χ2v) is 5.87. The molecule has 2 aromatic carbocycles. The van der Waals surface area contributed by atoms with Gasteiger partial charge in [-0.3, -0.25) is 0 Å². The molecule has 3 heteroatoms. The molecule has 2 nitrogen and oxygen atoms in total. The van der Waals surface area contributed by atoms with Crippen molar-refractivity contribution in [3.05, 3.63) is 58.9 Å². The highest BCUT2D eigenvalue weighted by Gasteiger charge is 2.23. The minimum Gasteiger partial charge on any atom is -0.494 e. The van der Waals surface area contributed by atoms with Crippen LogP contribution in [0.15, 0.2) is 36.4 Å². The van der Waals surface area contributed by atoms with Crippen molar-refractivity contribution >= 4 is 5.69 Å². The maximum atomic E-state index is 13.8. The van der Waals surface area contributed by atoms with Gasteiger partial charge in [0.05, 0.1) is 13.2 Å². The highest BCUT2D eigenvalue weighted by Crippen LogP contribution is 2.36. The Morgan fingerprint density at radius 1 is 1.19 bits per heavy atom. The van der Waals surface area contributed by atoms with Crippen LogP contribution in [-0.4, -0.2) is 7.11 Å². The van der Waals surface area contributed by atoms with Crippen LogP contribution in [0.3, 0.4) is 0 Å². The first-order chi connectivity index (χ1) is 10.1. The summed E-state index contributed by atoms with van der Waals surface area (Å²) in [5, 5.41) is 3.47. The minimum atomic E-state index is -0.310. The lowest BCUT2D eigenvalue weighted by Gasteiger charge is -2.13. The normalized spacial score (nSPS) is 16.7. The number of halogens is 1. The van der Waals surface area contributed by atoms with Crippen molar-refractivity contribution in [2.45, 2.75) is 32.2 Å². The lowest BCUT2D eigenvalue weighted by molar-refractivity contribution is 0.386. The van der Waals surface area contributed by atoms with E-state index in [2.05, 4.69) is 37.4 Å². The molecule has 0 saturated carbocycles. The molecule has 1 unspecified atom stereocenters. The van der Waals surface area contributed by atoms with E-state index in [0.29, 0.717) is 5.92 Å². The van der Waals surface area contributed by atoms with Gasteiger partial charge in [-0.25, -0.2) is 4.39 Å². The van der Waals surface area contributed by atoms with Gasteiger partial charge in [-0.2, -0.15) is 0 Å². The molecule has 1 N–H and O–H groups in total. The Kier molecular flexibility index (Phi) is 3.58. The van der Waals surface area contributed by atoms with Crippen LogP contribution in [0.25, 0.3) is 0 Å². The van der Waals surface area contributed by atoms with Gasteiger partial charge >= 0.3 is 0 Å². The fourth-order valence-corrected chi connectivity index (χ4v) is 2.84. The molecule has 2 aromatic rings. The number of ether oxygens (including phenoxy) is 1. The van der Waals surface area contributed by atoms with E-state index in [0.717, 1.165) is 17.7 Å². The Morgan fingerprint density at radius 3 is 2.67 bits per heavy atom. The van der Waals surface area contributed by atoms with E-state index in [1.807, 2.05) is 6.07 Å². The number of anilines is 1. The number of hydrogen-bond donors (Lipinski definition) is 1. The van der Waals surface area contributed by atoms with Gasteiger partial charge in [0.15, 0.2) is 11.6 Å². The van der Waals surface area contributed by atoms with E-state index in [4.69, 9.17) is 4.74 Å². The molecule has 110 valence electrons. The van der Waals surface area contributed by atoms with Crippen LogP contribution in [0.1, 0.15) is 42.5 Å². The molecule has 1 aliphatic rings. The summed E-state index contributed by atoms with van der Waals surface area (Å²) in [5.74, 6) is 0.500. The van der Waals surface area contributed by atoms with Gasteiger partial charge in [0.25, 0.3) is 0 Å². The van der Waals surface area contributed by atoms with Gasteiger partial charge in [-0.05, 0) is 47.2 Å². The minimum absolute atomic E-state index is 0.128. The molecule has 3 rings (SSSR count). The van der Waals surface area contributed by atoms with E-state index >= 15 is 0 Å². The lowest BCUT2D eigenvalue weighted by Crippen LogP contribution is -2.06.